The molecule has 0 fully saturated rings. The maximum Gasteiger partial charge on any atom is 0.408 e. The van der Waals surface area contributed by atoms with Crippen LogP contribution in [0.15, 0.2) is 41.2 Å². The van der Waals surface area contributed by atoms with E-state index in [1.807, 2.05) is 5.38 Å². The van der Waals surface area contributed by atoms with Crippen LogP contribution in [-0.4, -0.2) is 22.7 Å². The van der Waals surface area contributed by atoms with E-state index in [9.17, 15) is 14.7 Å². The Morgan fingerprint density at radius 3 is 2.55 bits per heavy atom. The molecular formula is C21H27N3O4S. The predicted molar refractivity (Wildman–Crippen MR) is 115 cm³/mol. The summed E-state index contributed by atoms with van der Waals surface area (Å²) in [5.74, 6) is -0.415. The van der Waals surface area contributed by atoms with E-state index in [2.05, 4.69) is 10.6 Å². The number of carbonyl (C=O) groups is 2. The number of rotatable bonds is 6. The van der Waals surface area contributed by atoms with E-state index in [4.69, 9.17) is 10.5 Å². The molecule has 0 saturated heterocycles. The zero-order valence-electron chi connectivity index (χ0n) is 16.9. The maximum atomic E-state index is 12.9. The molecule has 0 aliphatic carbocycles. The van der Waals surface area contributed by atoms with Gasteiger partial charge in [0.05, 0.1) is 6.10 Å². The molecule has 0 aliphatic rings. The number of aliphatic hydroxyl groups excluding tert-OH is 1. The number of nitrogens with two attached hydrogens (primary N) is 1. The first-order valence-electron chi connectivity index (χ1n) is 9.13. The molecule has 2 aromatic rings. The zero-order chi connectivity index (χ0) is 21.6. The number of nitrogens with one attached hydrogen (secondary N) is 2. The number of thiophene rings is 1. The van der Waals surface area contributed by atoms with Crippen LogP contribution < -0.4 is 16.4 Å². The van der Waals surface area contributed by atoms with Gasteiger partial charge in [-0.15, -0.1) is 0 Å². The Labute approximate surface area is 174 Å². The van der Waals surface area contributed by atoms with E-state index in [1.54, 1.807) is 63.4 Å². The molecule has 0 bridgehead atoms. The quantitative estimate of drug-likeness (QED) is 0.569. The first-order valence-corrected chi connectivity index (χ1v) is 10.1. The van der Waals surface area contributed by atoms with Crippen molar-refractivity contribution in [2.45, 2.75) is 45.4 Å². The average Bonchev–Trinajstić information content (AvgIpc) is 3.12. The first kappa shape index (κ1) is 22.4. The highest BCUT2D eigenvalue weighted by atomic mass is 32.1. The van der Waals surface area contributed by atoms with E-state index in [1.165, 1.54) is 17.5 Å². The fourth-order valence-electron chi connectivity index (χ4n) is 2.66. The second kappa shape index (κ2) is 9.58. The van der Waals surface area contributed by atoms with Crippen molar-refractivity contribution in [3.8, 4) is 0 Å². The van der Waals surface area contributed by atoms with Crippen LogP contribution in [-0.2, 0) is 9.53 Å². The van der Waals surface area contributed by atoms with Crippen LogP contribution in [0.4, 0.5) is 10.5 Å². The number of anilines is 1. The number of benzene rings is 1. The number of aliphatic hydroxyl groups is 1. The number of amides is 2. The third-order valence-electron chi connectivity index (χ3n) is 3.88. The Bertz CT molecular complexity index is 871. The molecule has 2 rings (SSSR count). The second-order valence-corrected chi connectivity index (χ2v) is 8.28. The van der Waals surface area contributed by atoms with Gasteiger partial charge in [-0.1, -0.05) is 6.07 Å². The lowest BCUT2D eigenvalue weighted by Crippen LogP contribution is -2.40. The van der Waals surface area contributed by atoms with Gasteiger partial charge in [-0.3, -0.25) is 4.79 Å². The lowest BCUT2D eigenvalue weighted by molar-refractivity contribution is -0.118. The summed E-state index contributed by atoms with van der Waals surface area (Å²) in [5.41, 5.74) is 7.35. The van der Waals surface area contributed by atoms with E-state index >= 15 is 0 Å². The summed E-state index contributed by atoms with van der Waals surface area (Å²) in [4.78, 5) is 25.2. The van der Waals surface area contributed by atoms with Crippen molar-refractivity contribution in [3.63, 3.8) is 0 Å². The van der Waals surface area contributed by atoms with Crippen LogP contribution in [0.25, 0.3) is 6.08 Å². The second-order valence-electron chi connectivity index (χ2n) is 7.50. The lowest BCUT2D eigenvalue weighted by Gasteiger charge is -2.23. The summed E-state index contributed by atoms with van der Waals surface area (Å²) in [6.45, 7) is 6.91. The number of ether oxygens (including phenoxy) is 1. The molecule has 5 N–H and O–H groups in total. The fraction of sp³-hybridized carbons (Fsp3) is 0.333. The van der Waals surface area contributed by atoms with Crippen LogP contribution in [0.3, 0.4) is 0 Å². The summed E-state index contributed by atoms with van der Waals surface area (Å²) in [5, 5.41) is 18.9. The number of hydrogen-bond donors (Lipinski definition) is 4. The Balaban J connectivity index is 2.24. The van der Waals surface area contributed by atoms with Gasteiger partial charge in [0.15, 0.2) is 0 Å². The van der Waals surface area contributed by atoms with Crippen molar-refractivity contribution in [2.75, 3.05) is 5.32 Å². The van der Waals surface area contributed by atoms with Crippen LogP contribution in [0, 0.1) is 0 Å². The first-order chi connectivity index (χ1) is 13.6. The molecule has 0 radical (unpaired) electrons. The molecular weight excluding hydrogens is 390 g/mol. The molecule has 1 aromatic carbocycles. The van der Waals surface area contributed by atoms with Gasteiger partial charge in [0, 0.05) is 5.69 Å². The van der Waals surface area contributed by atoms with Crippen molar-refractivity contribution in [1.29, 1.82) is 0 Å². The van der Waals surface area contributed by atoms with Crippen molar-refractivity contribution in [3.05, 3.63) is 57.9 Å². The monoisotopic (exact) mass is 417 g/mol. The van der Waals surface area contributed by atoms with Crippen molar-refractivity contribution < 1.29 is 19.4 Å². The van der Waals surface area contributed by atoms with E-state index < -0.39 is 29.7 Å². The van der Waals surface area contributed by atoms with Crippen molar-refractivity contribution in [2.24, 2.45) is 5.73 Å². The number of hydrogen-bond acceptors (Lipinski definition) is 6. The molecule has 1 aromatic heterocycles. The standard InChI is InChI=1S/C21H27N3O4S/c1-13(25)17-6-5-16(11-14(17)7-9-22)23-19(26)18(15-8-10-29-12-15)24-20(27)28-21(2,3)4/h5-13,18,25H,22H2,1-4H3,(H,23,26)(H,24,27)/b9-7-/t13?,18-/m1/s1. The fourth-order valence-corrected chi connectivity index (χ4v) is 3.35. The summed E-state index contributed by atoms with van der Waals surface area (Å²) in [6.07, 6.45) is 1.65. The summed E-state index contributed by atoms with van der Waals surface area (Å²) < 4.78 is 5.28. The van der Waals surface area contributed by atoms with Crippen molar-refractivity contribution in [1.82, 2.24) is 5.32 Å². The van der Waals surface area contributed by atoms with Crippen LogP contribution in [0.2, 0.25) is 0 Å². The smallest absolute Gasteiger partial charge is 0.408 e. The normalized spacial score (nSPS) is 13.7. The van der Waals surface area contributed by atoms with Gasteiger partial charge in [0.2, 0.25) is 0 Å². The Kier molecular flexibility index (Phi) is 7.41. The van der Waals surface area contributed by atoms with Crippen LogP contribution in [0.5, 0.6) is 0 Å². The van der Waals surface area contributed by atoms with Gasteiger partial charge in [-0.2, -0.15) is 11.3 Å². The minimum absolute atomic E-state index is 0.415. The minimum atomic E-state index is -0.916. The van der Waals surface area contributed by atoms with E-state index in [0.717, 1.165) is 0 Å². The maximum absolute atomic E-state index is 12.9. The largest absolute Gasteiger partial charge is 0.444 e. The molecule has 1 heterocycles. The van der Waals surface area contributed by atoms with Gasteiger partial charge in [0.1, 0.15) is 11.6 Å². The number of alkyl carbamates (subject to hydrolysis) is 1. The summed E-state index contributed by atoms with van der Waals surface area (Å²) >= 11 is 1.42. The highest BCUT2D eigenvalue weighted by Crippen LogP contribution is 2.25. The molecule has 0 saturated carbocycles. The van der Waals surface area contributed by atoms with Gasteiger partial charge in [0.25, 0.3) is 5.91 Å². The average molecular weight is 418 g/mol. The molecule has 0 aliphatic heterocycles. The summed E-state index contributed by atoms with van der Waals surface area (Å²) in [7, 11) is 0. The van der Waals surface area contributed by atoms with Crippen LogP contribution >= 0.6 is 11.3 Å². The molecule has 0 spiro atoms. The molecule has 7 nitrogen and oxygen atoms in total. The van der Waals surface area contributed by atoms with Crippen molar-refractivity contribution >= 4 is 35.1 Å². The Hall–Kier alpha value is -2.84. The third-order valence-corrected chi connectivity index (χ3v) is 4.58. The van der Waals surface area contributed by atoms with E-state index in [-0.39, 0.29) is 0 Å². The zero-order valence-corrected chi connectivity index (χ0v) is 17.7. The Morgan fingerprint density at radius 1 is 1.28 bits per heavy atom. The van der Waals surface area contributed by atoms with Gasteiger partial charge in [-0.25, -0.2) is 4.79 Å². The number of carbonyl (C=O) groups excluding carboxylic acids is 2. The topological polar surface area (TPSA) is 114 Å². The minimum Gasteiger partial charge on any atom is -0.444 e. The summed E-state index contributed by atoms with van der Waals surface area (Å²) in [6, 6.07) is 5.97. The van der Waals surface area contributed by atoms with Gasteiger partial charge in [-0.05, 0) is 85.6 Å². The molecule has 1 unspecified atom stereocenters. The highest BCUT2D eigenvalue weighted by Gasteiger charge is 2.26. The lowest BCUT2D eigenvalue weighted by atomic mass is 10.0. The molecule has 8 heteroatoms. The predicted octanol–water partition coefficient (Wildman–Crippen LogP) is 3.94. The molecule has 156 valence electrons. The Morgan fingerprint density at radius 2 is 2.00 bits per heavy atom. The van der Waals surface area contributed by atoms with Gasteiger partial charge < -0.3 is 26.2 Å². The SMILES string of the molecule is CC(O)c1ccc(NC(=O)[C@H](NC(=O)OC(C)(C)C)c2ccsc2)cc1/C=C\N. The molecule has 29 heavy (non-hydrogen) atoms. The molecule has 2 atom stereocenters. The van der Waals surface area contributed by atoms with Gasteiger partial charge >= 0.3 is 6.09 Å². The molecule has 2 amide bonds. The highest BCUT2D eigenvalue weighted by molar-refractivity contribution is 7.08. The third kappa shape index (κ3) is 6.62. The van der Waals surface area contributed by atoms with E-state index in [0.29, 0.717) is 22.4 Å². The van der Waals surface area contributed by atoms with Crippen LogP contribution in [0.1, 0.15) is 56.5 Å².